The molecule has 0 aromatic heterocycles. The van der Waals surface area contributed by atoms with Crippen LogP contribution in [0.5, 0.6) is 0 Å². The lowest BCUT2D eigenvalue weighted by molar-refractivity contribution is 0.160. The van der Waals surface area contributed by atoms with Crippen LogP contribution in [0.2, 0.25) is 0 Å². The number of nitrogens with zero attached hydrogens (tertiary/aromatic N) is 1. The van der Waals surface area contributed by atoms with E-state index in [-0.39, 0.29) is 6.61 Å². The maximum atomic E-state index is 10.2. The van der Waals surface area contributed by atoms with E-state index in [4.69, 9.17) is 11.5 Å². The molecule has 1 saturated carbocycles. The van der Waals surface area contributed by atoms with Crippen molar-refractivity contribution in [1.82, 2.24) is 5.32 Å². The van der Waals surface area contributed by atoms with Crippen LogP contribution in [-0.2, 0) is 4.74 Å². The SMILES string of the molecule is NC(=O)OCCN=C(N)NC1CCCC1. The van der Waals surface area contributed by atoms with E-state index in [2.05, 4.69) is 15.0 Å². The standard InChI is InChI=1S/C9H18N4O2/c10-8(12-5-6-15-9(11)14)13-7-3-1-2-4-7/h7H,1-6H2,(H2,11,14)(H3,10,12,13). The van der Waals surface area contributed by atoms with Gasteiger partial charge in [-0.2, -0.15) is 0 Å². The number of hydrogen-bond acceptors (Lipinski definition) is 3. The molecular formula is C9H18N4O2. The smallest absolute Gasteiger partial charge is 0.404 e. The minimum absolute atomic E-state index is 0.169. The number of nitrogens with one attached hydrogen (secondary N) is 1. The Hall–Kier alpha value is -1.46. The van der Waals surface area contributed by atoms with E-state index in [0.29, 0.717) is 18.5 Å². The third-order valence-electron chi connectivity index (χ3n) is 2.32. The Balaban J connectivity index is 2.12. The predicted molar refractivity (Wildman–Crippen MR) is 57.4 cm³/mol. The molecule has 1 rings (SSSR count). The molecule has 6 heteroatoms. The zero-order chi connectivity index (χ0) is 11.1. The van der Waals surface area contributed by atoms with Gasteiger partial charge in [-0.3, -0.25) is 0 Å². The highest BCUT2D eigenvalue weighted by Crippen LogP contribution is 2.17. The minimum Gasteiger partial charge on any atom is -0.448 e. The number of carbonyl (C=O) groups is 1. The number of rotatable bonds is 4. The van der Waals surface area contributed by atoms with Crippen LogP contribution >= 0.6 is 0 Å². The van der Waals surface area contributed by atoms with Gasteiger partial charge in [-0.25, -0.2) is 9.79 Å². The summed E-state index contributed by atoms with van der Waals surface area (Å²) in [7, 11) is 0. The largest absolute Gasteiger partial charge is 0.448 e. The average Bonchev–Trinajstić information content (AvgIpc) is 2.64. The lowest BCUT2D eigenvalue weighted by Gasteiger charge is -2.11. The van der Waals surface area contributed by atoms with Gasteiger partial charge in [0, 0.05) is 6.04 Å². The third-order valence-corrected chi connectivity index (χ3v) is 2.32. The Bertz CT molecular complexity index is 236. The Kier molecular flexibility index (Phi) is 4.73. The Morgan fingerprint density at radius 3 is 2.67 bits per heavy atom. The van der Waals surface area contributed by atoms with Gasteiger partial charge in [0.1, 0.15) is 6.61 Å². The number of nitrogens with two attached hydrogens (primary N) is 2. The van der Waals surface area contributed by atoms with E-state index in [1.54, 1.807) is 0 Å². The van der Waals surface area contributed by atoms with Gasteiger partial charge in [-0.1, -0.05) is 12.8 Å². The molecule has 0 heterocycles. The van der Waals surface area contributed by atoms with Crippen molar-refractivity contribution in [2.75, 3.05) is 13.2 Å². The van der Waals surface area contributed by atoms with Crippen molar-refractivity contribution in [1.29, 1.82) is 0 Å². The van der Waals surface area contributed by atoms with Crippen LogP contribution in [0.4, 0.5) is 4.79 Å². The molecule has 5 N–H and O–H groups in total. The lowest BCUT2D eigenvalue weighted by atomic mass is 10.2. The van der Waals surface area contributed by atoms with E-state index >= 15 is 0 Å². The first-order valence-electron chi connectivity index (χ1n) is 5.17. The van der Waals surface area contributed by atoms with Gasteiger partial charge in [0.05, 0.1) is 6.54 Å². The zero-order valence-electron chi connectivity index (χ0n) is 8.74. The van der Waals surface area contributed by atoms with Crippen molar-refractivity contribution in [3.8, 4) is 0 Å². The molecular weight excluding hydrogens is 196 g/mol. The van der Waals surface area contributed by atoms with Gasteiger partial charge in [0.2, 0.25) is 0 Å². The summed E-state index contributed by atoms with van der Waals surface area (Å²) in [6, 6.07) is 0.450. The van der Waals surface area contributed by atoms with Crippen LogP contribution in [-0.4, -0.2) is 31.2 Å². The minimum atomic E-state index is -0.785. The first-order valence-corrected chi connectivity index (χ1v) is 5.17. The van der Waals surface area contributed by atoms with Crippen molar-refractivity contribution < 1.29 is 9.53 Å². The molecule has 86 valence electrons. The average molecular weight is 214 g/mol. The second kappa shape index (κ2) is 6.10. The van der Waals surface area contributed by atoms with Gasteiger partial charge in [0.25, 0.3) is 0 Å². The summed E-state index contributed by atoms with van der Waals surface area (Å²) in [5.74, 6) is 0.412. The van der Waals surface area contributed by atoms with Crippen LogP contribution in [0, 0.1) is 0 Å². The summed E-state index contributed by atoms with van der Waals surface area (Å²) in [5, 5.41) is 3.12. The summed E-state index contributed by atoms with van der Waals surface area (Å²) in [4.78, 5) is 14.2. The fourth-order valence-corrected chi connectivity index (χ4v) is 1.64. The number of amides is 1. The van der Waals surface area contributed by atoms with Crippen molar-refractivity contribution in [2.24, 2.45) is 16.5 Å². The van der Waals surface area contributed by atoms with E-state index in [9.17, 15) is 4.79 Å². The Labute approximate surface area is 89.1 Å². The molecule has 0 radical (unpaired) electrons. The molecule has 1 amide bonds. The van der Waals surface area contributed by atoms with Crippen LogP contribution < -0.4 is 16.8 Å². The summed E-state index contributed by atoms with van der Waals surface area (Å²) in [6.45, 7) is 0.511. The number of aliphatic imine (C=N–C) groups is 1. The van der Waals surface area contributed by atoms with Gasteiger partial charge < -0.3 is 21.5 Å². The Morgan fingerprint density at radius 2 is 2.07 bits per heavy atom. The van der Waals surface area contributed by atoms with Crippen LogP contribution in [0.3, 0.4) is 0 Å². The summed E-state index contributed by atoms with van der Waals surface area (Å²) >= 11 is 0. The quantitative estimate of drug-likeness (QED) is 0.346. The van der Waals surface area contributed by atoms with Crippen LogP contribution in [0.25, 0.3) is 0 Å². The molecule has 0 aliphatic heterocycles. The second-order valence-corrected chi connectivity index (χ2v) is 3.56. The third kappa shape index (κ3) is 5.09. The van der Waals surface area contributed by atoms with E-state index in [0.717, 1.165) is 12.8 Å². The maximum Gasteiger partial charge on any atom is 0.404 e. The summed E-state index contributed by atoms with van der Waals surface area (Å²) < 4.78 is 4.51. The van der Waals surface area contributed by atoms with E-state index in [1.165, 1.54) is 12.8 Å². The topological polar surface area (TPSA) is 103 Å². The van der Waals surface area contributed by atoms with Crippen LogP contribution in [0.15, 0.2) is 4.99 Å². The maximum absolute atomic E-state index is 10.2. The highest BCUT2D eigenvalue weighted by molar-refractivity contribution is 5.78. The lowest BCUT2D eigenvalue weighted by Crippen LogP contribution is -2.38. The van der Waals surface area contributed by atoms with Gasteiger partial charge in [0.15, 0.2) is 5.96 Å². The fraction of sp³-hybridized carbons (Fsp3) is 0.778. The monoisotopic (exact) mass is 214 g/mol. The van der Waals surface area contributed by atoms with Crippen molar-refractivity contribution >= 4 is 12.1 Å². The molecule has 0 aromatic rings. The van der Waals surface area contributed by atoms with Gasteiger partial charge in [-0.15, -0.1) is 0 Å². The number of carbonyl (C=O) groups excluding carboxylic acids is 1. The number of ether oxygens (including phenoxy) is 1. The molecule has 0 aromatic carbocycles. The highest BCUT2D eigenvalue weighted by atomic mass is 16.5. The molecule has 1 aliphatic rings. The molecule has 1 aliphatic carbocycles. The predicted octanol–water partition coefficient (Wildman–Crippen LogP) is -0.0714. The summed E-state index contributed by atoms with van der Waals surface area (Å²) in [5.41, 5.74) is 10.4. The van der Waals surface area contributed by atoms with Gasteiger partial charge in [-0.05, 0) is 12.8 Å². The van der Waals surface area contributed by atoms with Crippen LogP contribution in [0.1, 0.15) is 25.7 Å². The molecule has 1 fully saturated rings. The summed E-state index contributed by atoms with van der Waals surface area (Å²) in [6.07, 6.45) is 4.00. The molecule has 0 unspecified atom stereocenters. The first kappa shape index (κ1) is 11.6. The van der Waals surface area contributed by atoms with E-state index in [1.807, 2.05) is 0 Å². The molecule has 0 saturated heterocycles. The zero-order valence-corrected chi connectivity index (χ0v) is 8.74. The Morgan fingerprint density at radius 1 is 1.40 bits per heavy atom. The number of hydrogen-bond donors (Lipinski definition) is 3. The highest BCUT2D eigenvalue weighted by Gasteiger charge is 2.14. The molecule has 0 spiro atoms. The van der Waals surface area contributed by atoms with E-state index < -0.39 is 6.09 Å². The van der Waals surface area contributed by atoms with Crippen molar-refractivity contribution in [3.63, 3.8) is 0 Å². The van der Waals surface area contributed by atoms with Gasteiger partial charge >= 0.3 is 6.09 Å². The number of guanidine groups is 1. The first-order chi connectivity index (χ1) is 7.18. The normalized spacial score (nSPS) is 17.7. The molecule has 15 heavy (non-hydrogen) atoms. The molecule has 0 atom stereocenters. The fourth-order valence-electron chi connectivity index (χ4n) is 1.64. The van der Waals surface area contributed by atoms with Crippen molar-refractivity contribution in [3.05, 3.63) is 0 Å². The number of primary amides is 1. The molecule has 0 bridgehead atoms. The van der Waals surface area contributed by atoms with Crippen molar-refractivity contribution in [2.45, 2.75) is 31.7 Å². The molecule has 6 nitrogen and oxygen atoms in total. The second-order valence-electron chi connectivity index (χ2n) is 3.56.